The number of aryl methyl sites for hydroxylation is 2. The molecule has 7 heteroatoms. The van der Waals surface area contributed by atoms with Crippen LogP contribution in [0.1, 0.15) is 17.5 Å². The molecule has 2 aromatic heterocycles. The fourth-order valence-corrected chi connectivity index (χ4v) is 3.70. The monoisotopic (exact) mass is 332 g/mol. The maximum Gasteiger partial charge on any atom is 0.232 e. The molecule has 1 amide bonds. The molecule has 3 aromatic rings. The summed E-state index contributed by atoms with van der Waals surface area (Å²) in [7, 11) is 0. The number of anilines is 1. The highest BCUT2D eigenvalue weighted by Crippen LogP contribution is 2.20. The number of aromatic nitrogens is 3. The lowest BCUT2D eigenvalue weighted by Crippen LogP contribution is -2.17. The van der Waals surface area contributed by atoms with Crippen LogP contribution in [-0.4, -0.2) is 20.4 Å². The van der Waals surface area contributed by atoms with Crippen LogP contribution in [0.25, 0.3) is 11.0 Å². The van der Waals surface area contributed by atoms with E-state index in [2.05, 4.69) is 15.3 Å². The van der Waals surface area contributed by atoms with Crippen LogP contribution < -0.4 is 5.32 Å². The average Bonchev–Trinajstić information content (AvgIpc) is 2.98. The van der Waals surface area contributed by atoms with Crippen LogP contribution in [0.3, 0.4) is 0 Å². The highest BCUT2D eigenvalue weighted by molar-refractivity contribution is 7.73. The summed E-state index contributed by atoms with van der Waals surface area (Å²) in [6, 6.07) is 7.86. The lowest BCUT2D eigenvalue weighted by atomic mass is 10.3. The zero-order chi connectivity index (χ0) is 15.7. The van der Waals surface area contributed by atoms with E-state index in [0.29, 0.717) is 16.3 Å². The van der Waals surface area contributed by atoms with E-state index in [4.69, 9.17) is 12.2 Å². The number of imidazole rings is 1. The third-order valence-electron chi connectivity index (χ3n) is 3.47. The Balaban J connectivity index is 1.85. The molecule has 0 aliphatic heterocycles. The Bertz CT molecular complexity index is 890. The van der Waals surface area contributed by atoms with Crippen molar-refractivity contribution in [3.8, 4) is 0 Å². The van der Waals surface area contributed by atoms with E-state index in [-0.39, 0.29) is 5.91 Å². The maximum atomic E-state index is 12.3. The second kappa shape index (κ2) is 6.02. The van der Waals surface area contributed by atoms with E-state index in [1.165, 1.54) is 11.3 Å². The van der Waals surface area contributed by atoms with Crippen LogP contribution >= 0.6 is 23.6 Å². The van der Waals surface area contributed by atoms with Crippen LogP contribution in [0, 0.1) is 10.9 Å². The Morgan fingerprint density at radius 3 is 2.91 bits per heavy atom. The molecule has 114 valence electrons. The zero-order valence-corrected chi connectivity index (χ0v) is 14.0. The fraction of sp³-hybridized carbons (Fsp3) is 0.267. The molecule has 1 aromatic carbocycles. The van der Waals surface area contributed by atoms with Crippen molar-refractivity contribution >= 4 is 46.4 Å². The predicted molar refractivity (Wildman–Crippen MR) is 92.0 cm³/mol. The number of carbonyl (C=O) groups excluding carboxylic acids is 1. The number of para-hydroxylation sites is 2. The molecule has 22 heavy (non-hydrogen) atoms. The summed E-state index contributed by atoms with van der Waals surface area (Å²) < 4.78 is 2.69. The molecule has 0 fully saturated rings. The number of fused-ring (bicyclic) bond motifs is 1. The fourth-order valence-electron chi connectivity index (χ4n) is 2.41. The van der Waals surface area contributed by atoms with Gasteiger partial charge in [-0.05, 0) is 38.2 Å². The summed E-state index contributed by atoms with van der Waals surface area (Å²) >= 11 is 6.54. The minimum absolute atomic E-state index is 0.0849. The van der Waals surface area contributed by atoms with Gasteiger partial charge in [0.15, 0.2) is 3.95 Å². The van der Waals surface area contributed by atoms with Gasteiger partial charge in [-0.15, -0.1) is 11.3 Å². The van der Waals surface area contributed by atoms with Crippen molar-refractivity contribution in [1.82, 2.24) is 14.5 Å². The topological polar surface area (TPSA) is 62.7 Å². The number of nitrogens with zero attached hydrogens (tertiary/aromatic N) is 2. The number of nitrogens with one attached hydrogen (secondary N) is 2. The number of hydrogen-bond donors (Lipinski definition) is 2. The first-order valence-electron chi connectivity index (χ1n) is 7.02. The minimum Gasteiger partial charge on any atom is -0.341 e. The average molecular weight is 332 g/mol. The molecular formula is C15H16N4OS2. The molecular weight excluding hydrogens is 316 g/mol. The second-order valence-electron chi connectivity index (χ2n) is 4.96. The first-order chi connectivity index (χ1) is 10.6. The number of amides is 1. The van der Waals surface area contributed by atoms with Crippen LogP contribution in [0.15, 0.2) is 24.3 Å². The van der Waals surface area contributed by atoms with Gasteiger partial charge in [0.1, 0.15) is 0 Å². The second-order valence-corrected chi connectivity index (χ2v) is 6.73. The largest absolute Gasteiger partial charge is 0.341 e. The predicted octanol–water partition coefficient (Wildman–Crippen LogP) is 3.66. The van der Waals surface area contributed by atoms with E-state index < -0.39 is 0 Å². The van der Waals surface area contributed by atoms with Gasteiger partial charge in [-0.3, -0.25) is 10.1 Å². The number of carbonyl (C=O) groups is 1. The summed E-state index contributed by atoms with van der Waals surface area (Å²) in [5.41, 5.74) is 2.86. The van der Waals surface area contributed by atoms with E-state index in [1.807, 2.05) is 42.7 Å². The molecule has 2 N–H and O–H groups in total. The molecule has 0 bridgehead atoms. The Morgan fingerprint density at radius 1 is 1.45 bits per heavy atom. The number of thiazole rings is 1. The molecule has 5 nitrogen and oxygen atoms in total. The van der Waals surface area contributed by atoms with Gasteiger partial charge in [0, 0.05) is 17.1 Å². The number of H-pyrrole nitrogens is 1. The number of aromatic amines is 1. The van der Waals surface area contributed by atoms with Crippen molar-refractivity contribution < 1.29 is 4.79 Å². The van der Waals surface area contributed by atoms with Crippen molar-refractivity contribution in [2.75, 3.05) is 5.32 Å². The van der Waals surface area contributed by atoms with Gasteiger partial charge in [0.2, 0.25) is 11.9 Å². The van der Waals surface area contributed by atoms with Gasteiger partial charge in [0.25, 0.3) is 0 Å². The van der Waals surface area contributed by atoms with Crippen molar-refractivity contribution in [3.05, 3.63) is 38.8 Å². The minimum atomic E-state index is -0.0849. The van der Waals surface area contributed by atoms with Crippen molar-refractivity contribution in [2.45, 2.75) is 26.8 Å². The SMILES string of the molecule is CCn1c(NC(=O)Cc2sc(=S)[nH]c2C)nc2ccccc21. The lowest BCUT2D eigenvalue weighted by Gasteiger charge is -2.07. The van der Waals surface area contributed by atoms with Gasteiger partial charge in [-0.2, -0.15) is 0 Å². The molecule has 0 saturated heterocycles. The molecule has 2 heterocycles. The van der Waals surface area contributed by atoms with Crippen molar-refractivity contribution in [3.63, 3.8) is 0 Å². The summed E-state index contributed by atoms with van der Waals surface area (Å²) in [5.74, 6) is 0.504. The smallest absolute Gasteiger partial charge is 0.232 e. The third kappa shape index (κ3) is 2.82. The maximum absolute atomic E-state index is 12.3. The van der Waals surface area contributed by atoms with E-state index in [0.717, 1.165) is 28.1 Å². The quantitative estimate of drug-likeness (QED) is 0.717. The van der Waals surface area contributed by atoms with Crippen molar-refractivity contribution in [1.29, 1.82) is 0 Å². The van der Waals surface area contributed by atoms with Crippen LogP contribution in [0.2, 0.25) is 0 Å². The summed E-state index contributed by atoms with van der Waals surface area (Å²) in [6.07, 6.45) is 0.302. The first kappa shape index (κ1) is 14.9. The molecule has 3 rings (SSSR count). The highest BCUT2D eigenvalue weighted by atomic mass is 32.1. The highest BCUT2D eigenvalue weighted by Gasteiger charge is 2.14. The zero-order valence-electron chi connectivity index (χ0n) is 12.3. The van der Waals surface area contributed by atoms with Crippen LogP contribution in [0.4, 0.5) is 5.95 Å². The molecule has 0 radical (unpaired) electrons. The Labute approximate surface area is 137 Å². The number of benzene rings is 1. The van der Waals surface area contributed by atoms with E-state index in [9.17, 15) is 4.79 Å². The Morgan fingerprint density at radius 2 is 2.23 bits per heavy atom. The number of rotatable bonds is 4. The summed E-state index contributed by atoms with van der Waals surface area (Å²) in [4.78, 5) is 20.8. The Kier molecular flexibility index (Phi) is 4.08. The molecule has 0 spiro atoms. The summed E-state index contributed by atoms with van der Waals surface area (Å²) in [6.45, 7) is 4.71. The van der Waals surface area contributed by atoms with Crippen LogP contribution in [-0.2, 0) is 17.8 Å². The normalized spacial score (nSPS) is 11.0. The van der Waals surface area contributed by atoms with Crippen molar-refractivity contribution in [2.24, 2.45) is 0 Å². The van der Waals surface area contributed by atoms with Gasteiger partial charge in [-0.1, -0.05) is 12.1 Å². The van der Waals surface area contributed by atoms with Gasteiger partial charge < -0.3 is 9.55 Å². The number of hydrogen-bond acceptors (Lipinski definition) is 4. The van der Waals surface area contributed by atoms with E-state index >= 15 is 0 Å². The van der Waals surface area contributed by atoms with Gasteiger partial charge >= 0.3 is 0 Å². The standard InChI is InChI=1S/C15H16N4OS2/c1-3-19-11-7-5-4-6-10(11)17-14(19)18-13(20)8-12-9(2)16-15(21)22-12/h4-7H,3,8H2,1-2H3,(H,16,21)(H,17,18,20). The first-order valence-corrected chi connectivity index (χ1v) is 8.24. The van der Waals surface area contributed by atoms with Gasteiger partial charge in [0.05, 0.1) is 17.5 Å². The molecule has 0 aliphatic rings. The third-order valence-corrected chi connectivity index (χ3v) is 4.80. The van der Waals surface area contributed by atoms with Crippen LogP contribution in [0.5, 0.6) is 0 Å². The lowest BCUT2D eigenvalue weighted by molar-refractivity contribution is -0.115. The van der Waals surface area contributed by atoms with Gasteiger partial charge in [-0.25, -0.2) is 4.98 Å². The van der Waals surface area contributed by atoms with E-state index in [1.54, 1.807) is 0 Å². The molecule has 0 aliphatic carbocycles. The molecule has 0 saturated carbocycles. The molecule has 0 atom stereocenters. The Hall–Kier alpha value is -1.99. The molecule has 0 unspecified atom stereocenters. The summed E-state index contributed by atoms with van der Waals surface area (Å²) in [5, 5.41) is 2.91.